The summed E-state index contributed by atoms with van der Waals surface area (Å²) in [6.45, 7) is 7.43. The van der Waals surface area contributed by atoms with Crippen LogP contribution in [0, 0.1) is 13.8 Å². The summed E-state index contributed by atoms with van der Waals surface area (Å²) < 4.78 is 3.13. The zero-order chi connectivity index (χ0) is 15.0. The van der Waals surface area contributed by atoms with Gasteiger partial charge in [-0.2, -0.15) is 0 Å². The lowest BCUT2D eigenvalue weighted by molar-refractivity contribution is 0.703. The Morgan fingerprint density at radius 1 is 1.19 bits per heavy atom. The van der Waals surface area contributed by atoms with Crippen LogP contribution in [-0.4, -0.2) is 14.5 Å². The van der Waals surface area contributed by atoms with Crippen molar-refractivity contribution < 1.29 is 0 Å². The van der Waals surface area contributed by atoms with Crippen molar-refractivity contribution in [3.8, 4) is 11.4 Å². The molecular formula is C17H18BrN3. The molecule has 1 aromatic carbocycles. The van der Waals surface area contributed by atoms with Crippen LogP contribution < -0.4 is 0 Å². The molecule has 4 heteroatoms. The van der Waals surface area contributed by atoms with Crippen LogP contribution in [0.15, 0.2) is 35.1 Å². The number of rotatable bonds is 3. The first kappa shape index (κ1) is 14.3. The molecule has 0 amide bonds. The summed E-state index contributed by atoms with van der Waals surface area (Å²) in [5, 5.41) is 0. The number of aromatic nitrogens is 3. The van der Waals surface area contributed by atoms with Gasteiger partial charge in [0.05, 0.1) is 16.6 Å². The molecule has 0 aliphatic carbocycles. The van der Waals surface area contributed by atoms with Gasteiger partial charge in [-0.1, -0.05) is 6.92 Å². The second-order valence-corrected chi connectivity index (χ2v) is 6.11. The summed E-state index contributed by atoms with van der Waals surface area (Å²) in [4.78, 5) is 9.18. The summed E-state index contributed by atoms with van der Waals surface area (Å²) in [5.74, 6) is 0.983. The van der Waals surface area contributed by atoms with Crippen LogP contribution in [0.1, 0.15) is 24.5 Å². The third-order valence-corrected chi connectivity index (χ3v) is 4.44. The molecule has 0 saturated carbocycles. The van der Waals surface area contributed by atoms with E-state index in [1.165, 1.54) is 16.6 Å². The number of aryl methyl sites for hydroxylation is 3. The van der Waals surface area contributed by atoms with E-state index < -0.39 is 0 Å². The lowest BCUT2D eigenvalue weighted by Crippen LogP contribution is -2.00. The zero-order valence-electron chi connectivity index (χ0n) is 12.5. The van der Waals surface area contributed by atoms with Gasteiger partial charge in [0.15, 0.2) is 0 Å². The first-order valence-electron chi connectivity index (χ1n) is 7.20. The molecule has 3 nitrogen and oxygen atoms in total. The number of halogens is 1. The van der Waals surface area contributed by atoms with E-state index in [0.717, 1.165) is 34.5 Å². The van der Waals surface area contributed by atoms with E-state index in [1.54, 1.807) is 6.20 Å². The molecular weight excluding hydrogens is 326 g/mol. The average molecular weight is 344 g/mol. The summed E-state index contributed by atoms with van der Waals surface area (Å²) in [6, 6.07) is 8.42. The highest BCUT2D eigenvalue weighted by atomic mass is 79.9. The van der Waals surface area contributed by atoms with Crippen molar-refractivity contribution in [3.05, 3.63) is 46.2 Å². The number of fused-ring (bicyclic) bond motifs is 1. The summed E-state index contributed by atoms with van der Waals surface area (Å²) >= 11 is 3.54. The van der Waals surface area contributed by atoms with Crippen molar-refractivity contribution in [2.24, 2.45) is 0 Å². The Labute approximate surface area is 133 Å². The Hall–Kier alpha value is -1.68. The Bertz CT molecular complexity index is 805. The molecule has 0 unspecified atom stereocenters. The third kappa shape index (κ3) is 2.48. The molecule has 108 valence electrons. The summed E-state index contributed by atoms with van der Waals surface area (Å²) in [7, 11) is 0. The maximum atomic E-state index is 4.86. The minimum Gasteiger partial charge on any atom is -0.324 e. The standard InChI is InChI=1S/C17H18BrN3/c1-4-8-21-15-10-12(3)11(2)9-14(15)20-17(21)13-6-5-7-19-16(13)18/h5-7,9-10H,4,8H2,1-3H3. The van der Waals surface area contributed by atoms with Crippen molar-refractivity contribution in [1.29, 1.82) is 0 Å². The predicted octanol–water partition coefficient (Wildman–Crippen LogP) is 4.89. The van der Waals surface area contributed by atoms with Gasteiger partial charge in [0.25, 0.3) is 0 Å². The summed E-state index contributed by atoms with van der Waals surface area (Å²) in [6.07, 6.45) is 2.86. The number of pyridine rings is 1. The minimum atomic E-state index is 0.839. The molecule has 0 aliphatic heterocycles. The van der Waals surface area contributed by atoms with Crippen LogP contribution >= 0.6 is 15.9 Å². The van der Waals surface area contributed by atoms with Gasteiger partial charge < -0.3 is 4.57 Å². The highest BCUT2D eigenvalue weighted by Crippen LogP contribution is 2.30. The Morgan fingerprint density at radius 3 is 2.67 bits per heavy atom. The van der Waals surface area contributed by atoms with Crippen molar-refractivity contribution >= 4 is 27.0 Å². The van der Waals surface area contributed by atoms with Crippen molar-refractivity contribution in [2.75, 3.05) is 0 Å². The number of hydrogen-bond donors (Lipinski definition) is 0. The Morgan fingerprint density at radius 2 is 1.95 bits per heavy atom. The van der Waals surface area contributed by atoms with Gasteiger partial charge in [0.2, 0.25) is 0 Å². The SMILES string of the molecule is CCCn1c(-c2cccnc2Br)nc2cc(C)c(C)cc21. The normalized spacial score (nSPS) is 11.2. The fraction of sp³-hybridized carbons (Fsp3) is 0.294. The lowest BCUT2D eigenvalue weighted by Gasteiger charge is -2.09. The second-order valence-electron chi connectivity index (χ2n) is 5.35. The maximum absolute atomic E-state index is 4.86. The van der Waals surface area contributed by atoms with E-state index in [4.69, 9.17) is 4.98 Å². The van der Waals surface area contributed by atoms with Crippen LogP contribution in [0.5, 0.6) is 0 Å². The van der Waals surface area contributed by atoms with Gasteiger partial charge in [0.1, 0.15) is 10.4 Å². The monoisotopic (exact) mass is 343 g/mol. The first-order chi connectivity index (χ1) is 10.1. The zero-order valence-corrected chi connectivity index (χ0v) is 14.1. The number of nitrogens with zero attached hydrogens (tertiary/aromatic N) is 3. The quantitative estimate of drug-likeness (QED) is 0.634. The van der Waals surface area contributed by atoms with E-state index in [-0.39, 0.29) is 0 Å². The molecule has 3 aromatic rings. The molecule has 21 heavy (non-hydrogen) atoms. The highest BCUT2D eigenvalue weighted by molar-refractivity contribution is 9.10. The number of imidazole rings is 1. The fourth-order valence-electron chi connectivity index (χ4n) is 2.59. The van der Waals surface area contributed by atoms with Crippen LogP contribution in [0.2, 0.25) is 0 Å². The Balaban J connectivity index is 2.32. The van der Waals surface area contributed by atoms with E-state index in [2.05, 4.69) is 64.5 Å². The third-order valence-electron chi connectivity index (χ3n) is 3.81. The molecule has 3 rings (SSSR count). The largest absolute Gasteiger partial charge is 0.324 e. The molecule has 0 atom stereocenters. The van der Waals surface area contributed by atoms with E-state index >= 15 is 0 Å². The van der Waals surface area contributed by atoms with E-state index in [1.807, 2.05) is 6.07 Å². The van der Waals surface area contributed by atoms with Crippen LogP contribution in [0.25, 0.3) is 22.4 Å². The molecule has 0 N–H and O–H groups in total. The maximum Gasteiger partial charge on any atom is 0.143 e. The topological polar surface area (TPSA) is 30.7 Å². The number of hydrogen-bond acceptors (Lipinski definition) is 2. The van der Waals surface area contributed by atoms with E-state index in [9.17, 15) is 0 Å². The average Bonchev–Trinajstić information content (AvgIpc) is 2.79. The van der Waals surface area contributed by atoms with E-state index in [0.29, 0.717) is 0 Å². The van der Waals surface area contributed by atoms with Gasteiger partial charge >= 0.3 is 0 Å². The van der Waals surface area contributed by atoms with Crippen LogP contribution in [0.4, 0.5) is 0 Å². The molecule has 0 spiro atoms. The minimum absolute atomic E-state index is 0.839. The Kier molecular flexibility index (Phi) is 3.81. The molecule has 0 bridgehead atoms. The van der Waals surface area contributed by atoms with Gasteiger partial charge in [-0.15, -0.1) is 0 Å². The predicted molar refractivity (Wildman–Crippen MR) is 90.4 cm³/mol. The summed E-state index contributed by atoms with van der Waals surface area (Å²) in [5.41, 5.74) is 5.87. The number of benzene rings is 1. The lowest BCUT2D eigenvalue weighted by atomic mass is 10.1. The first-order valence-corrected chi connectivity index (χ1v) is 7.99. The van der Waals surface area contributed by atoms with Crippen molar-refractivity contribution in [2.45, 2.75) is 33.7 Å². The van der Waals surface area contributed by atoms with Gasteiger partial charge in [-0.3, -0.25) is 0 Å². The molecule has 0 saturated heterocycles. The molecule has 2 aromatic heterocycles. The van der Waals surface area contributed by atoms with Crippen LogP contribution in [-0.2, 0) is 6.54 Å². The van der Waals surface area contributed by atoms with Gasteiger partial charge in [-0.25, -0.2) is 9.97 Å². The fourth-order valence-corrected chi connectivity index (χ4v) is 3.02. The van der Waals surface area contributed by atoms with Crippen LogP contribution in [0.3, 0.4) is 0 Å². The van der Waals surface area contributed by atoms with Crippen molar-refractivity contribution in [1.82, 2.24) is 14.5 Å². The molecule has 0 aliphatic rings. The second kappa shape index (κ2) is 5.60. The van der Waals surface area contributed by atoms with Gasteiger partial charge in [0, 0.05) is 12.7 Å². The molecule has 0 radical (unpaired) electrons. The molecule has 0 fully saturated rings. The van der Waals surface area contributed by atoms with Crippen molar-refractivity contribution in [3.63, 3.8) is 0 Å². The smallest absolute Gasteiger partial charge is 0.143 e. The molecule has 2 heterocycles. The highest BCUT2D eigenvalue weighted by Gasteiger charge is 2.15. The van der Waals surface area contributed by atoms with Gasteiger partial charge in [-0.05, 0) is 71.6 Å².